The first kappa shape index (κ1) is 4.73. The van der Waals surface area contributed by atoms with E-state index in [1.165, 1.54) is 0 Å². The predicted octanol–water partition coefficient (Wildman–Crippen LogP) is -0.508. The van der Waals surface area contributed by atoms with Crippen LogP contribution in [0.3, 0.4) is 0 Å². The van der Waals surface area contributed by atoms with Crippen molar-refractivity contribution >= 4 is 0 Å². The van der Waals surface area contributed by atoms with Crippen molar-refractivity contribution in [1.82, 2.24) is 0 Å². The first-order valence-corrected chi connectivity index (χ1v) is 2.81. The van der Waals surface area contributed by atoms with E-state index < -0.39 is 0 Å². The van der Waals surface area contributed by atoms with Crippen LogP contribution < -0.4 is 0 Å². The van der Waals surface area contributed by atoms with Crippen LogP contribution in [0.15, 0.2) is 0 Å². The zero-order chi connectivity index (χ0) is 5.56. The number of rotatable bonds is 0. The fourth-order valence-electron chi connectivity index (χ4n) is 1.15. The maximum Gasteiger partial charge on any atom is 0.160 e. The third-order valence-corrected chi connectivity index (χ3v) is 1.64. The second-order valence-corrected chi connectivity index (χ2v) is 2.24. The molecule has 3 nitrogen and oxygen atoms in total. The van der Waals surface area contributed by atoms with Gasteiger partial charge in [-0.3, -0.25) is 0 Å². The summed E-state index contributed by atoms with van der Waals surface area (Å²) in [5, 5.41) is 9.01. The third-order valence-electron chi connectivity index (χ3n) is 1.64. The Labute approximate surface area is 47.2 Å². The molecule has 8 heavy (non-hydrogen) atoms. The largest absolute Gasteiger partial charge is 0.390 e. The molecule has 1 N–H and O–H groups in total. The smallest absolute Gasteiger partial charge is 0.160 e. The predicted molar refractivity (Wildman–Crippen MR) is 25.2 cm³/mol. The minimum absolute atomic E-state index is 0.0278. The average Bonchev–Trinajstić information content (AvgIpc) is 2.23. The van der Waals surface area contributed by atoms with E-state index in [0.29, 0.717) is 13.0 Å². The van der Waals surface area contributed by atoms with Gasteiger partial charge in [-0.05, 0) is 0 Å². The Balaban J connectivity index is 2.11. The standard InChI is InChI=1S/C5H8O3/c6-3-1-5-7-2-4(3)8-5/h3-6H,1-2H2/t3?,4-,5?/m0/s1. The Bertz CT molecular complexity index is 102. The van der Waals surface area contributed by atoms with Crippen molar-refractivity contribution in [3.8, 4) is 0 Å². The molecule has 46 valence electrons. The van der Waals surface area contributed by atoms with Gasteiger partial charge in [-0.2, -0.15) is 0 Å². The van der Waals surface area contributed by atoms with E-state index >= 15 is 0 Å². The van der Waals surface area contributed by atoms with Crippen LogP contribution >= 0.6 is 0 Å². The van der Waals surface area contributed by atoms with Crippen molar-refractivity contribution in [2.75, 3.05) is 6.61 Å². The number of aliphatic hydroxyl groups is 1. The number of hydrogen-bond acceptors (Lipinski definition) is 3. The molecule has 2 fully saturated rings. The van der Waals surface area contributed by atoms with E-state index in [9.17, 15) is 0 Å². The average molecular weight is 116 g/mol. The van der Waals surface area contributed by atoms with Crippen molar-refractivity contribution in [1.29, 1.82) is 0 Å². The van der Waals surface area contributed by atoms with Gasteiger partial charge in [-0.1, -0.05) is 0 Å². The van der Waals surface area contributed by atoms with Crippen LogP contribution in [0.4, 0.5) is 0 Å². The zero-order valence-corrected chi connectivity index (χ0v) is 4.41. The molecule has 2 bridgehead atoms. The summed E-state index contributed by atoms with van der Waals surface area (Å²) in [7, 11) is 0. The Hall–Kier alpha value is -0.120. The third kappa shape index (κ3) is 0.491. The van der Waals surface area contributed by atoms with Gasteiger partial charge in [-0.15, -0.1) is 0 Å². The van der Waals surface area contributed by atoms with Gasteiger partial charge in [0, 0.05) is 6.42 Å². The molecule has 0 aromatic heterocycles. The lowest BCUT2D eigenvalue weighted by atomic mass is 10.2. The summed E-state index contributed by atoms with van der Waals surface area (Å²) in [5.41, 5.74) is 0. The lowest BCUT2D eigenvalue weighted by molar-refractivity contribution is -0.0292. The highest BCUT2D eigenvalue weighted by molar-refractivity contribution is 4.82. The van der Waals surface area contributed by atoms with Crippen LogP contribution in [0, 0.1) is 0 Å². The summed E-state index contributed by atoms with van der Waals surface area (Å²) in [6.07, 6.45) is 0.258. The fourth-order valence-corrected chi connectivity index (χ4v) is 1.15. The van der Waals surface area contributed by atoms with E-state index in [1.807, 2.05) is 0 Å². The number of aliphatic hydroxyl groups excluding tert-OH is 1. The lowest BCUT2D eigenvalue weighted by Crippen LogP contribution is -2.26. The molecular weight excluding hydrogens is 108 g/mol. The van der Waals surface area contributed by atoms with Crippen molar-refractivity contribution in [2.24, 2.45) is 0 Å². The quantitative estimate of drug-likeness (QED) is 0.463. The Morgan fingerprint density at radius 3 is 2.62 bits per heavy atom. The molecule has 3 heteroatoms. The molecular formula is C5H8O3. The molecule has 0 amide bonds. The van der Waals surface area contributed by atoms with Crippen LogP contribution in [0.1, 0.15) is 6.42 Å². The van der Waals surface area contributed by atoms with Gasteiger partial charge in [0.15, 0.2) is 6.29 Å². The maximum atomic E-state index is 9.01. The lowest BCUT2D eigenvalue weighted by Gasteiger charge is -2.10. The molecule has 0 aromatic carbocycles. The Kier molecular flexibility index (Phi) is 0.848. The Morgan fingerprint density at radius 2 is 2.38 bits per heavy atom. The van der Waals surface area contributed by atoms with Crippen molar-refractivity contribution < 1.29 is 14.6 Å². The monoisotopic (exact) mass is 116 g/mol. The van der Waals surface area contributed by atoms with Gasteiger partial charge in [0.1, 0.15) is 6.10 Å². The van der Waals surface area contributed by atoms with E-state index in [1.54, 1.807) is 0 Å². The highest BCUT2D eigenvalue weighted by Crippen LogP contribution is 2.27. The maximum absolute atomic E-state index is 9.01. The van der Waals surface area contributed by atoms with E-state index in [4.69, 9.17) is 14.6 Å². The second-order valence-electron chi connectivity index (χ2n) is 2.24. The minimum atomic E-state index is -0.270. The number of hydrogen-bond donors (Lipinski definition) is 1. The second kappa shape index (κ2) is 1.43. The van der Waals surface area contributed by atoms with Crippen LogP contribution in [0.2, 0.25) is 0 Å². The SMILES string of the molecule is OC1CC2OC[C@@H]1O2. The fraction of sp³-hybridized carbons (Fsp3) is 1.00. The number of ether oxygens (including phenoxy) is 2. The molecule has 3 atom stereocenters. The van der Waals surface area contributed by atoms with Crippen LogP contribution in [0.25, 0.3) is 0 Å². The number of fused-ring (bicyclic) bond motifs is 2. The summed E-state index contributed by atoms with van der Waals surface area (Å²) in [4.78, 5) is 0. The Morgan fingerprint density at radius 1 is 1.50 bits per heavy atom. The summed E-state index contributed by atoms with van der Waals surface area (Å²) < 4.78 is 10.2. The van der Waals surface area contributed by atoms with E-state index in [0.717, 1.165) is 0 Å². The topological polar surface area (TPSA) is 38.7 Å². The minimum Gasteiger partial charge on any atom is -0.390 e. The van der Waals surface area contributed by atoms with Gasteiger partial charge >= 0.3 is 0 Å². The molecule has 0 radical (unpaired) electrons. The van der Waals surface area contributed by atoms with Crippen LogP contribution in [-0.2, 0) is 9.47 Å². The molecule has 0 aromatic rings. The normalized spacial score (nSPS) is 52.9. The van der Waals surface area contributed by atoms with Crippen LogP contribution in [-0.4, -0.2) is 30.2 Å². The van der Waals surface area contributed by atoms with Gasteiger partial charge in [0.2, 0.25) is 0 Å². The highest BCUT2D eigenvalue weighted by atomic mass is 16.7. The summed E-state index contributed by atoms with van der Waals surface area (Å²) in [6, 6.07) is 0. The van der Waals surface area contributed by atoms with Crippen molar-refractivity contribution in [2.45, 2.75) is 24.9 Å². The molecule has 0 spiro atoms. The molecule has 2 saturated heterocycles. The summed E-state index contributed by atoms with van der Waals surface area (Å²) in [6.45, 7) is 0.575. The van der Waals surface area contributed by atoms with Gasteiger partial charge in [0.05, 0.1) is 12.7 Å². The zero-order valence-electron chi connectivity index (χ0n) is 4.41. The van der Waals surface area contributed by atoms with Crippen molar-refractivity contribution in [3.63, 3.8) is 0 Å². The van der Waals surface area contributed by atoms with Gasteiger partial charge in [0.25, 0.3) is 0 Å². The van der Waals surface area contributed by atoms with Gasteiger partial charge in [-0.25, -0.2) is 0 Å². The molecule has 2 heterocycles. The van der Waals surface area contributed by atoms with Crippen LogP contribution in [0.5, 0.6) is 0 Å². The molecule has 0 aliphatic carbocycles. The molecule has 2 aliphatic heterocycles. The van der Waals surface area contributed by atoms with Crippen molar-refractivity contribution in [3.05, 3.63) is 0 Å². The molecule has 2 unspecified atom stereocenters. The van der Waals surface area contributed by atoms with Gasteiger partial charge < -0.3 is 14.6 Å². The molecule has 0 saturated carbocycles. The molecule has 2 aliphatic rings. The first-order chi connectivity index (χ1) is 3.86. The summed E-state index contributed by atoms with van der Waals surface area (Å²) >= 11 is 0. The summed E-state index contributed by atoms with van der Waals surface area (Å²) in [5.74, 6) is 0. The first-order valence-electron chi connectivity index (χ1n) is 2.81. The van der Waals surface area contributed by atoms with E-state index in [-0.39, 0.29) is 18.5 Å². The van der Waals surface area contributed by atoms with E-state index in [2.05, 4.69) is 0 Å². The molecule has 2 rings (SSSR count). The highest BCUT2D eigenvalue weighted by Gasteiger charge is 2.40.